The number of aliphatic hydroxyl groups excluding tert-OH is 2. The first-order chi connectivity index (χ1) is 15.4. The van der Waals surface area contributed by atoms with Gasteiger partial charge in [0.15, 0.2) is 0 Å². The van der Waals surface area contributed by atoms with Crippen LogP contribution in [0.4, 0.5) is 0 Å². The SMILES string of the molecule is C=C(C)C(=O)O.C=C(C)C(=O)O.C=C(C)C(=O)OC.C=C(C)C(=O)OCCCC.CC(O)CO. The van der Waals surface area contributed by atoms with Gasteiger partial charge >= 0.3 is 23.9 Å². The van der Waals surface area contributed by atoms with Crippen molar-refractivity contribution in [3.63, 3.8) is 0 Å². The molecule has 0 aliphatic heterocycles. The minimum atomic E-state index is -0.935. The van der Waals surface area contributed by atoms with Crippen molar-refractivity contribution in [2.24, 2.45) is 0 Å². The maximum absolute atomic E-state index is 10.7. The highest BCUT2D eigenvalue weighted by Crippen LogP contribution is 1.94. The maximum Gasteiger partial charge on any atom is 0.333 e. The predicted octanol–water partition coefficient (Wildman–Crippen LogP) is 3.30. The molecule has 0 aromatic rings. The summed E-state index contributed by atoms with van der Waals surface area (Å²) in [6.07, 6.45) is 1.41. The van der Waals surface area contributed by atoms with Crippen LogP contribution in [0.25, 0.3) is 0 Å². The summed E-state index contributed by atoms with van der Waals surface area (Å²) >= 11 is 0. The van der Waals surface area contributed by atoms with Gasteiger partial charge < -0.3 is 29.9 Å². The molecule has 198 valence electrons. The lowest BCUT2D eigenvalue weighted by atomic mass is 10.3. The molecule has 4 N–H and O–H groups in total. The fourth-order valence-electron chi connectivity index (χ4n) is 0.607. The van der Waals surface area contributed by atoms with Crippen molar-refractivity contribution in [1.29, 1.82) is 0 Å². The van der Waals surface area contributed by atoms with E-state index in [4.69, 9.17) is 25.2 Å². The van der Waals surface area contributed by atoms with Crippen molar-refractivity contribution in [3.05, 3.63) is 48.6 Å². The van der Waals surface area contributed by atoms with Crippen LogP contribution in [0.3, 0.4) is 0 Å². The number of hydrogen-bond donors (Lipinski definition) is 4. The normalized spacial score (nSPS) is 9.09. The van der Waals surface area contributed by atoms with Crippen LogP contribution in [-0.4, -0.2) is 70.7 Å². The largest absolute Gasteiger partial charge is 0.478 e. The number of methoxy groups -OCH3 is 1. The first-order valence-corrected chi connectivity index (χ1v) is 10.1. The number of ether oxygens (including phenoxy) is 2. The highest BCUT2D eigenvalue weighted by Gasteiger charge is 2.00. The second-order valence-electron chi connectivity index (χ2n) is 6.74. The second-order valence-corrected chi connectivity index (χ2v) is 6.74. The van der Waals surface area contributed by atoms with Crippen LogP contribution in [0.2, 0.25) is 0 Å². The number of rotatable bonds is 8. The molecular formula is C24H42O10. The molecule has 0 aliphatic carbocycles. The molecule has 0 saturated carbocycles. The zero-order valence-electron chi connectivity index (χ0n) is 21.5. The molecule has 10 heteroatoms. The number of carbonyl (C=O) groups excluding carboxylic acids is 2. The van der Waals surface area contributed by atoms with E-state index in [0.29, 0.717) is 17.8 Å². The summed E-state index contributed by atoms with van der Waals surface area (Å²) in [5, 5.41) is 31.8. The van der Waals surface area contributed by atoms with Crippen LogP contribution in [0.15, 0.2) is 48.6 Å². The fraction of sp³-hybridized carbons (Fsp3) is 0.500. The molecule has 0 aromatic carbocycles. The van der Waals surface area contributed by atoms with E-state index in [1.807, 2.05) is 0 Å². The number of carboxylic acids is 2. The van der Waals surface area contributed by atoms with Gasteiger partial charge in [0.2, 0.25) is 0 Å². The maximum atomic E-state index is 10.7. The molecule has 1 unspecified atom stereocenters. The van der Waals surface area contributed by atoms with E-state index < -0.39 is 18.0 Å². The summed E-state index contributed by atoms with van der Waals surface area (Å²) in [5.74, 6) is -2.50. The minimum Gasteiger partial charge on any atom is -0.478 e. The molecule has 0 radical (unpaired) electrons. The van der Waals surface area contributed by atoms with Crippen LogP contribution in [0, 0.1) is 0 Å². The smallest absolute Gasteiger partial charge is 0.333 e. The molecule has 0 bridgehead atoms. The summed E-state index contributed by atoms with van der Waals surface area (Å²) in [7, 11) is 1.33. The summed E-state index contributed by atoms with van der Waals surface area (Å²) in [5.41, 5.74) is 1.25. The van der Waals surface area contributed by atoms with Gasteiger partial charge in [0.25, 0.3) is 0 Å². The zero-order chi connectivity index (χ0) is 28.4. The van der Waals surface area contributed by atoms with Gasteiger partial charge in [-0.2, -0.15) is 0 Å². The van der Waals surface area contributed by atoms with Crippen LogP contribution in [0.1, 0.15) is 54.4 Å². The van der Waals surface area contributed by atoms with Gasteiger partial charge in [0.05, 0.1) is 26.4 Å². The first kappa shape index (κ1) is 41.1. The van der Waals surface area contributed by atoms with E-state index in [2.05, 4.69) is 38.0 Å². The van der Waals surface area contributed by atoms with Gasteiger partial charge in [0, 0.05) is 22.3 Å². The Morgan fingerprint density at radius 3 is 1.21 bits per heavy atom. The van der Waals surface area contributed by atoms with Crippen LogP contribution < -0.4 is 0 Å². The Morgan fingerprint density at radius 1 is 0.794 bits per heavy atom. The number of esters is 2. The van der Waals surface area contributed by atoms with Gasteiger partial charge in [-0.05, 0) is 41.0 Å². The zero-order valence-corrected chi connectivity index (χ0v) is 21.5. The highest BCUT2D eigenvalue weighted by molar-refractivity contribution is 5.87. The highest BCUT2D eigenvalue weighted by atomic mass is 16.5. The Morgan fingerprint density at radius 2 is 1.09 bits per heavy atom. The Bertz CT molecular complexity index is 613. The number of carbonyl (C=O) groups is 4. The quantitative estimate of drug-likeness (QED) is 0.225. The molecule has 0 heterocycles. The lowest BCUT2D eigenvalue weighted by molar-refractivity contribution is -0.139. The number of carboxylic acid groups (broad SMARTS) is 2. The van der Waals surface area contributed by atoms with Crippen molar-refractivity contribution in [3.8, 4) is 0 Å². The van der Waals surface area contributed by atoms with Crippen molar-refractivity contribution in [1.82, 2.24) is 0 Å². The van der Waals surface area contributed by atoms with Gasteiger partial charge in [-0.15, -0.1) is 0 Å². The minimum absolute atomic E-state index is 0.139. The van der Waals surface area contributed by atoms with Crippen molar-refractivity contribution in [2.75, 3.05) is 20.3 Å². The van der Waals surface area contributed by atoms with Crippen LogP contribution in [-0.2, 0) is 28.7 Å². The van der Waals surface area contributed by atoms with Crippen LogP contribution in [0.5, 0.6) is 0 Å². The Hall–Kier alpha value is -3.24. The fourth-order valence-corrected chi connectivity index (χ4v) is 0.607. The molecule has 1 atom stereocenters. The third kappa shape index (κ3) is 46.8. The van der Waals surface area contributed by atoms with E-state index >= 15 is 0 Å². The molecular weight excluding hydrogens is 448 g/mol. The van der Waals surface area contributed by atoms with Gasteiger partial charge in [-0.1, -0.05) is 39.7 Å². The van der Waals surface area contributed by atoms with E-state index in [9.17, 15) is 19.2 Å². The Balaban J connectivity index is -0.000000106. The molecule has 10 nitrogen and oxygen atoms in total. The lowest BCUT2D eigenvalue weighted by Gasteiger charge is -2.01. The van der Waals surface area contributed by atoms with Gasteiger partial charge in [0.1, 0.15) is 0 Å². The average Bonchev–Trinajstić information content (AvgIpc) is 2.74. The summed E-state index contributed by atoms with van der Waals surface area (Å²) < 4.78 is 9.08. The molecule has 0 saturated heterocycles. The second kappa shape index (κ2) is 27.8. The average molecular weight is 491 g/mol. The molecule has 0 aromatic heterocycles. The number of aliphatic hydroxyl groups is 2. The molecule has 34 heavy (non-hydrogen) atoms. The Labute approximate surface area is 202 Å². The van der Waals surface area contributed by atoms with Crippen molar-refractivity contribution in [2.45, 2.75) is 60.5 Å². The third-order valence-electron chi connectivity index (χ3n) is 2.61. The topological polar surface area (TPSA) is 168 Å². The molecule has 0 rings (SSSR count). The number of aliphatic carboxylic acids is 2. The third-order valence-corrected chi connectivity index (χ3v) is 2.61. The standard InChI is InChI=1S/C8H14O2.C5H8O2.2C4H6O2.C3H8O2/c1-4-5-6-10-8(9)7(2)3;1-4(2)5(6)7-3;2*1-3(2)4(5)6;1-3(5)2-4/h2,4-6H2,1,3H3;1H2,2-3H3;2*1H2,2H3,(H,5,6);3-5H,2H2,1H3. The van der Waals surface area contributed by atoms with Crippen molar-refractivity contribution >= 4 is 23.9 Å². The molecule has 0 amide bonds. The molecule has 0 fully saturated rings. The van der Waals surface area contributed by atoms with Crippen LogP contribution >= 0.6 is 0 Å². The predicted molar refractivity (Wildman–Crippen MR) is 131 cm³/mol. The lowest BCUT2D eigenvalue weighted by Crippen LogP contribution is -2.05. The molecule has 0 aliphatic rings. The number of hydrogen-bond acceptors (Lipinski definition) is 8. The first-order valence-electron chi connectivity index (χ1n) is 10.1. The van der Waals surface area contributed by atoms with Gasteiger partial charge in [-0.3, -0.25) is 0 Å². The van der Waals surface area contributed by atoms with E-state index in [-0.39, 0.29) is 29.7 Å². The monoisotopic (exact) mass is 490 g/mol. The van der Waals surface area contributed by atoms with E-state index in [0.717, 1.165) is 12.8 Å². The van der Waals surface area contributed by atoms with E-state index in [1.54, 1.807) is 13.8 Å². The van der Waals surface area contributed by atoms with Crippen molar-refractivity contribution < 1.29 is 49.1 Å². The summed E-state index contributed by atoms with van der Waals surface area (Å²) in [6.45, 7) is 23.2. The number of unbranched alkanes of at least 4 members (excludes halogenated alkanes) is 1. The van der Waals surface area contributed by atoms with E-state index in [1.165, 1.54) is 27.9 Å². The van der Waals surface area contributed by atoms with Gasteiger partial charge in [-0.25, -0.2) is 19.2 Å². The summed E-state index contributed by atoms with van der Waals surface area (Å²) in [6, 6.07) is 0. The molecule has 0 spiro atoms. The summed E-state index contributed by atoms with van der Waals surface area (Å²) in [4.78, 5) is 40.1. The Kier molecular flexibility index (Phi) is 33.6.